The fourth-order valence-electron chi connectivity index (χ4n) is 4.09. The Hall–Kier alpha value is -2.53. The summed E-state index contributed by atoms with van der Waals surface area (Å²) in [4.78, 5) is 3.31. The predicted octanol–water partition coefficient (Wildman–Crippen LogP) is 6.30. The van der Waals surface area contributed by atoms with Crippen LogP contribution < -0.4 is 5.32 Å². The van der Waals surface area contributed by atoms with Crippen LogP contribution in [0.25, 0.3) is 28.7 Å². The molecule has 6 heteroatoms. The number of nitrogens with zero attached hydrogens (tertiary/aromatic N) is 2. The van der Waals surface area contributed by atoms with Gasteiger partial charge >= 0.3 is 0 Å². The molecule has 0 saturated carbocycles. The number of fused-ring (bicyclic) bond motifs is 1. The maximum absolute atomic E-state index is 6.26. The van der Waals surface area contributed by atoms with E-state index in [-0.39, 0.29) is 0 Å². The minimum Gasteiger partial charge on any atom is -0.361 e. The van der Waals surface area contributed by atoms with Gasteiger partial charge in [0, 0.05) is 33.1 Å². The van der Waals surface area contributed by atoms with Gasteiger partial charge in [-0.1, -0.05) is 35.3 Å². The number of benzene rings is 2. The van der Waals surface area contributed by atoms with Crippen molar-refractivity contribution in [2.75, 3.05) is 13.1 Å². The first-order valence-electron chi connectivity index (χ1n) is 10.2. The van der Waals surface area contributed by atoms with Crippen LogP contribution in [0, 0.1) is 0 Å². The number of piperidine rings is 1. The summed E-state index contributed by atoms with van der Waals surface area (Å²) in [5.41, 5.74) is 5.29. The van der Waals surface area contributed by atoms with E-state index >= 15 is 0 Å². The van der Waals surface area contributed by atoms with Gasteiger partial charge in [0.25, 0.3) is 0 Å². The molecule has 2 N–H and O–H groups in total. The summed E-state index contributed by atoms with van der Waals surface area (Å²) in [5.74, 6) is 0.478. The van der Waals surface area contributed by atoms with Crippen LogP contribution in [-0.4, -0.2) is 27.9 Å². The first-order chi connectivity index (χ1) is 14.7. The number of halogens is 2. The van der Waals surface area contributed by atoms with Crippen molar-refractivity contribution in [2.24, 2.45) is 0 Å². The van der Waals surface area contributed by atoms with Gasteiger partial charge in [0.05, 0.1) is 17.1 Å². The zero-order valence-electron chi connectivity index (χ0n) is 16.4. The van der Waals surface area contributed by atoms with Crippen molar-refractivity contribution < 1.29 is 0 Å². The molecule has 4 nitrogen and oxygen atoms in total. The third-order valence-corrected chi connectivity index (χ3v) is 6.15. The molecule has 5 rings (SSSR count). The second-order valence-electron chi connectivity index (χ2n) is 7.68. The number of nitrogens with one attached hydrogen (secondary N) is 2. The van der Waals surface area contributed by atoms with E-state index in [2.05, 4.69) is 28.5 Å². The monoisotopic (exact) mass is 436 g/mol. The van der Waals surface area contributed by atoms with Crippen LogP contribution in [0.1, 0.15) is 35.7 Å². The van der Waals surface area contributed by atoms with Crippen LogP contribution in [0.5, 0.6) is 0 Å². The van der Waals surface area contributed by atoms with Crippen molar-refractivity contribution >= 4 is 46.3 Å². The van der Waals surface area contributed by atoms with Gasteiger partial charge < -0.3 is 10.3 Å². The molecule has 2 aromatic heterocycles. The van der Waals surface area contributed by atoms with E-state index in [4.69, 9.17) is 28.3 Å². The van der Waals surface area contributed by atoms with E-state index in [0.717, 1.165) is 64.5 Å². The molecule has 0 spiro atoms. The van der Waals surface area contributed by atoms with Gasteiger partial charge in [-0.05, 0) is 80.0 Å². The molecule has 0 atom stereocenters. The molecule has 30 heavy (non-hydrogen) atoms. The maximum atomic E-state index is 6.26. The molecule has 3 heterocycles. The van der Waals surface area contributed by atoms with Gasteiger partial charge in [0.1, 0.15) is 0 Å². The highest BCUT2D eigenvalue weighted by Gasteiger charge is 2.20. The minimum absolute atomic E-state index is 0.478. The Balaban J connectivity index is 1.56. The minimum atomic E-state index is 0.478. The Kier molecular flexibility index (Phi) is 5.38. The van der Waals surface area contributed by atoms with E-state index in [9.17, 15) is 0 Å². The number of aromatic amines is 1. The molecule has 0 radical (unpaired) electrons. The Morgan fingerprint density at radius 1 is 0.967 bits per heavy atom. The molecule has 4 aromatic rings. The number of hydrogen-bond acceptors (Lipinski definition) is 2. The first-order valence-corrected chi connectivity index (χ1v) is 10.9. The van der Waals surface area contributed by atoms with E-state index in [1.165, 1.54) is 0 Å². The van der Waals surface area contributed by atoms with Crippen LogP contribution in [0.3, 0.4) is 0 Å². The lowest BCUT2D eigenvalue weighted by atomic mass is 9.94. The second-order valence-corrected chi connectivity index (χ2v) is 8.55. The molecule has 0 bridgehead atoms. The van der Waals surface area contributed by atoms with Crippen LogP contribution >= 0.6 is 23.2 Å². The molecular weight excluding hydrogens is 415 g/mol. The average molecular weight is 437 g/mol. The van der Waals surface area contributed by atoms with Crippen molar-refractivity contribution in [2.45, 2.75) is 18.8 Å². The average Bonchev–Trinajstić information content (AvgIpc) is 3.37. The quantitative estimate of drug-likeness (QED) is 0.394. The van der Waals surface area contributed by atoms with E-state index in [0.29, 0.717) is 10.9 Å². The highest BCUT2D eigenvalue weighted by atomic mass is 35.5. The smallest absolute Gasteiger partial charge is 0.0671 e. The van der Waals surface area contributed by atoms with Crippen molar-refractivity contribution in [1.82, 2.24) is 20.1 Å². The molecule has 0 aliphatic carbocycles. The zero-order chi connectivity index (χ0) is 20.5. The molecular formula is C24H22Cl2N4. The number of H-pyrrole nitrogens is 1. The third kappa shape index (κ3) is 3.91. The molecule has 2 aromatic carbocycles. The van der Waals surface area contributed by atoms with Gasteiger partial charge in [-0.3, -0.25) is 0 Å². The zero-order valence-corrected chi connectivity index (χ0v) is 17.9. The van der Waals surface area contributed by atoms with E-state index in [1.807, 2.05) is 53.3 Å². The number of hydrogen-bond donors (Lipinski definition) is 2. The summed E-state index contributed by atoms with van der Waals surface area (Å²) >= 11 is 12.5. The first kappa shape index (κ1) is 19.4. The summed E-state index contributed by atoms with van der Waals surface area (Å²) in [5, 5.41) is 10.9. The lowest BCUT2D eigenvalue weighted by molar-refractivity contribution is 0.451. The number of aromatic nitrogens is 3. The molecule has 0 unspecified atom stereocenters. The highest BCUT2D eigenvalue weighted by Crippen LogP contribution is 2.28. The van der Waals surface area contributed by atoms with Gasteiger partial charge in [0.2, 0.25) is 0 Å². The fourth-order valence-corrected chi connectivity index (χ4v) is 4.45. The largest absolute Gasteiger partial charge is 0.361 e. The number of rotatable bonds is 4. The Labute approximate surface area is 185 Å². The van der Waals surface area contributed by atoms with Gasteiger partial charge in [-0.2, -0.15) is 5.10 Å². The predicted molar refractivity (Wildman–Crippen MR) is 126 cm³/mol. The Morgan fingerprint density at radius 2 is 1.80 bits per heavy atom. The molecule has 1 saturated heterocycles. The van der Waals surface area contributed by atoms with Crippen molar-refractivity contribution in [1.29, 1.82) is 0 Å². The summed E-state index contributed by atoms with van der Waals surface area (Å²) in [6.07, 6.45) is 8.44. The molecule has 1 fully saturated rings. The van der Waals surface area contributed by atoms with Gasteiger partial charge in [0.15, 0.2) is 0 Å². The SMILES string of the molecule is Clc1cccc(-n2nc(C3CCNCC3)cc2/C=C/c2c[nH]c3ccc(Cl)cc23)c1. The van der Waals surface area contributed by atoms with E-state index < -0.39 is 0 Å². The fraction of sp³-hybridized carbons (Fsp3) is 0.208. The molecule has 152 valence electrons. The van der Waals surface area contributed by atoms with Crippen molar-refractivity contribution in [3.8, 4) is 5.69 Å². The molecule has 1 aliphatic rings. The van der Waals surface area contributed by atoms with Crippen LogP contribution in [0.4, 0.5) is 0 Å². The highest BCUT2D eigenvalue weighted by molar-refractivity contribution is 6.31. The lowest BCUT2D eigenvalue weighted by Gasteiger charge is -2.20. The lowest BCUT2D eigenvalue weighted by Crippen LogP contribution is -2.26. The molecule has 1 aliphatic heterocycles. The maximum Gasteiger partial charge on any atom is 0.0671 e. The summed E-state index contributed by atoms with van der Waals surface area (Å²) < 4.78 is 1.99. The van der Waals surface area contributed by atoms with Crippen molar-refractivity contribution in [3.05, 3.63) is 81.7 Å². The van der Waals surface area contributed by atoms with E-state index in [1.54, 1.807) is 0 Å². The normalized spacial score (nSPS) is 15.4. The summed E-state index contributed by atoms with van der Waals surface area (Å²) in [6.45, 7) is 2.08. The Morgan fingerprint density at radius 3 is 2.63 bits per heavy atom. The van der Waals surface area contributed by atoms with Crippen LogP contribution in [0.15, 0.2) is 54.7 Å². The molecule has 0 amide bonds. The topological polar surface area (TPSA) is 45.6 Å². The van der Waals surface area contributed by atoms with Crippen molar-refractivity contribution in [3.63, 3.8) is 0 Å². The van der Waals surface area contributed by atoms with Crippen LogP contribution in [0.2, 0.25) is 10.0 Å². The van der Waals surface area contributed by atoms with Gasteiger partial charge in [-0.25, -0.2) is 4.68 Å². The van der Waals surface area contributed by atoms with Crippen LogP contribution in [-0.2, 0) is 0 Å². The Bertz CT molecular complexity index is 1220. The second kappa shape index (κ2) is 8.31. The third-order valence-electron chi connectivity index (χ3n) is 5.68. The van der Waals surface area contributed by atoms with Gasteiger partial charge in [-0.15, -0.1) is 0 Å². The summed E-state index contributed by atoms with van der Waals surface area (Å²) in [6, 6.07) is 15.9. The summed E-state index contributed by atoms with van der Waals surface area (Å²) in [7, 11) is 0. The standard InChI is InChI=1S/C24H22Cl2N4/c25-18-2-1-3-20(12-18)30-21(14-24(29-30)16-8-10-27-11-9-16)6-4-17-15-28-23-7-5-19(26)13-22(17)23/h1-7,12-16,27-28H,8-11H2/b6-4+.